The smallest absolute Gasteiger partial charge is 0.271 e. The van der Waals surface area contributed by atoms with Crippen LogP contribution in [0.1, 0.15) is 17.7 Å². The van der Waals surface area contributed by atoms with Gasteiger partial charge in [-0.2, -0.15) is 4.39 Å². The van der Waals surface area contributed by atoms with Crippen molar-refractivity contribution in [1.82, 2.24) is 4.98 Å². The Morgan fingerprint density at radius 1 is 1.54 bits per heavy atom. The molecule has 0 saturated carbocycles. The first-order valence-electron chi connectivity index (χ1n) is 3.37. The molecule has 0 amide bonds. The number of aliphatic hydroxyl groups is 1. The normalized spacial score (nSPS) is 10.8. The van der Waals surface area contributed by atoms with E-state index >= 15 is 0 Å². The van der Waals surface area contributed by atoms with Crippen molar-refractivity contribution in [1.29, 1.82) is 0 Å². The van der Waals surface area contributed by atoms with Gasteiger partial charge in [0.2, 0.25) is 5.95 Å². The number of alkyl halides is 2. The zero-order valence-corrected chi connectivity index (χ0v) is 6.35. The Bertz CT molecular complexity index is 361. The first kappa shape index (κ1) is 9.79. The van der Waals surface area contributed by atoms with Crippen molar-refractivity contribution >= 4 is 0 Å². The average molecular weight is 193 g/mol. The predicted octanol–water partition coefficient (Wildman–Crippen LogP) is 0.944. The van der Waals surface area contributed by atoms with Gasteiger partial charge in [-0.05, 0) is 0 Å². The van der Waals surface area contributed by atoms with Crippen LogP contribution in [0.5, 0.6) is 0 Å². The lowest BCUT2D eigenvalue weighted by Crippen LogP contribution is -2.14. The molecule has 1 aromatic heterocycles. The number of hydrogen-bond acceptors (Lipinski definition) is 2. The molecule has 13 heavy (non-hydrogen) atoms. The second-order valence-electron chi connectivity index (χ2n) is 2.35. The number of H-pyrrole nitrogens is 1. The molecule has 0 aliphatic heterocycles. The summed E-state index contributed by atoms with van der Waals surface area (Å²) in [6.45, 7) is -0.602. The molecule has 0 saturated heterocycles. The number of aromatic amines is 1. The second-order valence-corrected chi connectivity index (χ2v) is 2.35. The van der Waals surface area contributed by atoms with E-state index in [2.05, 4.69) is 0 Å². The largest absolute Gasteiger partial charge is 0.390 e. The maximum absolute atomic E-state index is 12.7. The monoisotopic (exact) mass is 193 g/mol. The molecule has 3 nitrogen and oxygen atoms in total. The minimum atomic E-state index is -3.16. The Morgan fingerprint density at radius 2 is 2.15 bits per heavy atom. The molecule has 1 rings (SSSR count). The van der Waals surface area contributed by atoms with E-state index < -0.39 is 30.0 Å². The molecule has 2 N–H and O–H groups in total. The zero-order valence-electron chi connectivity index (χ0n) is 6.35. The number of hydrogen-bond donors (Lipinski definition) is 2. The van der Waals surface area contributed by atoms with Crippen molar-refractivity contribution < 1.29 is 18.3 Å². The number of rotatable bonds is 2. The standard InChI is InChI=1S/C7H6F3NO2/c8-6(9)5-4(13)1-3(2-12)11-7(5)10/h1,6,12H,2H2,(H,11,13). The highest BCUT2D eigenvalue weighted by Crippen LogP contribution is 2.16. The molecule has 1 aromatic rings. The van der Waals surface area contributed by atoms with Gasteiger partial charge in [0.1, 0.15) is 5.56 Å². The topological polar surface area (TPSA) is 53.1 Å². The highest BCUT2D eigenvalue weighted by atomic mass is 19.3. The summed E-state index contributed by atoms with van der Waals surface area (Å²) in [6, 6.07) is 0.741. The van der Waals surface area contributed by atoms with E-state index in [0.29, 0.717) is 0 Å². The lowest BCUT2D eigenvalue weighted by atomic mass is 10.2. The maximum atomic E-state index is 12.7. The molecule has 72 valence electrons. The number of aromatic nitrogens is 1. The van der Waals surface area contributed by atoms with Crippen LogP contribution >= 0.6 is 0 Å². The summed E-state index contributed by atoms with van der Waals surface area (Å²) in [7, 11) is 0. The van der Waals surface area contributed by atoms with Gasteiger partial charge in [0, 0.05) is 11.8 Å². The molecule has 0 radical (unpaired) electrons. The van der Waals surface area contributed by atoms with E-state index in [1.807, 2.05) is 4.98 Å². The first-order chi connectivity index (χ1) is 6.06. The van der Waals surface area contributed by atoms with Crippen molar-refractivity contribution in [2.75, 3.05) is 0 Å². The fraction of sp³-hybridized carbons (Fsp3) is 0.286. The van der Waals surface area contributed by atoms with Crippen LogP contribution in [-0.4, -0.2) is 10.1 Å². The summed E-state index contributed by atoms with van der Waals surface area (Å²) in [5.41, 5.74) is -2.44. The number of aliphatic hydroxyl groups excluding tert-OH is 1. The van der Waals surface area contributed by atoms with Gasteiger partial charge in [0.25, 0.3) is 6.43 Å². The van der Waals surface area contributed by atoms with Crippen LogP contribution in [0.3, 0.4) is 0 Å². The summed E-state index contributed by atoms with van der Waals surface area (Å²) >= 11 is 0. The molecule has 0 aliphatic rings. The number of nitrogens with one attached hydrogen (secondary N) is 1. The van der Waals surface area contributed by atoms with E-state index in [9.17, 15) is 18.0 Å². The van der Waals surface area contributed by atoms with Gasteiger partial charge in [-0.3, -0.25) is 4.79 Å². The van der Waals surface area contributed by atoms with E-state index in [1.165, 1.54) is 0 Å². The summed E-state index contributed by atoms with van der Waals surface area (Å²) in [6.07, 6.45) is -3.16. The van der Waals surface area contributed by atoms with Gasteiger partial charge in [0.15, 0.2) is 5.43 Å². The van der Waals surface area contributed by atoms with Gasteiger partial charge in [0.05, 0.1) is 6.61 Å². The van der Waals surface area contributed by atoms with Crippen molar-refractivity contribution in [2.45, 2.75) is 13.0 Å². The van der Waals surface area contributed by atoms with Crippen molar-refractivity contribution in [3.05, 3.63) is 33.5 Å². The summed E-state index contributed by atoms with van der Waals surface area (Å²) < 4.78 is 36.7. The number of halogens is 3. The Morgan fingerprint density at radius 3 is 2.54 bits per heavy atom. The van der Waals surface area contributed by atoms with Crippen LogP contribution in [0.2, 0.25) is 0 Å². The summed E-state index contributed by atoms with van der Waals surface area (Å²) in [5.74, 6) is -1.40. The number of pyridine rings is 1. The zero-order chi connectivity index (χ0) is 10.0. The molecule has 0 bridgehead atoms. The predicted molar refractivity (Wildman–Crippen MR) is 37.9 cm³/mol. The second kappa shape index (κ2) is 3.61. The lowest BCUT2D eigenvalue weighted by Gasteiger charge is -2.02. The molecule has 0 fully saturated rings. The van der Waals surface area contributed by atoms with Gasteiger partial charge in [-0.15, -0.1) is 0 Å². The Labute approximate surface area is 70.8 Å². The first-order valence-corrected chi connectivity index (χ1v) is 3.37. The van der Waals surface area contributed by atoms with Crippen LogP contribution in [0.15, 0.2) is 10.9 Å². The molecule has 1 heterocycles. The SMILES string of the molecule is O=c1cc(CO)[nH]c(F)c1C(F)F. The Balaban J connectivity index is 3.32. The van der Waals surface area contributed by atoms with Gasteiger partial charge < -0.3 is 10.1 Å². The molecule has 0 unspecified atom stereocenters. The quantitative estimate of drug-likeness (QED) is 0.687. The van der Waals surface area contributed by atoms with Crippen molar-refractivity contribution in [2.24, 2.45) is 0 Å². The third kappa shape index (κ3) is 1.89. The molecule has 0 aliphatic carbocycles. The molecule has 6 heteroatoms. The van der Waals surface area contributed by atoms with Crippen molar-refractivity contribution in [3.63, 3.8) is 0 Å². The lowest BCUT2D eigenvalue weighted by molar-refractivity contribution is 0.143. The highest BCUT2D eigenvalue weighted by molar-refractivity contribution is 5.16. The van der Waals surface area contributed by atoms with E-state index in [0.717, 1.165) is 6.07 Å². The van der Waals surface area contributed by atoms with E-state index in [-0.39, 0.29) is 5.69 Å². The van der Waals surface area contributed by atoms with Gasteiger partial charge in [-0.25, -0.2) is 8.78 Å². The van der Waals surface area contributed by atoms with Crippen LogP contribution in [0.25, 0.3) is 0 Å². The maximum Gasteiger partial charge on any atom is 0.271 e. The average Bonchev–Trinajstić information content (AvgIpc) is 2.02. The van der Waals surface area contributed by atoms with E-state index in [1.54, 1.807) is 0 Å². The summed E-state index contributed by atoms with van der Waals surface area (Å²) in [4.78, 5) is 12.7. The van der Waals surface area contributed by atoms with Gasteiger partial charge >= 0.3 is 0 Å². The van der Waals surface area contributed by atoms with Crippen LogP contribution in [0.4, 0.5) is 13.2 Å². The fourth-order valence-electron chi connectivity index (χ4n) is 0.877. The molecule has 0 atom stereocenters. The van der Waals surface area contributed by atoms with Crippen LogP contribution < -0.4 is 5.43 Å². The molecular formula is C7H6F3NO2. The van der Waals surface area contributed by atoms with Crippen LogP contribution in [-0.2, 0) is 6.61 Å². The fourth-order valence-corrected chi connectivity index (χ4v) is 0.877. The molecular weight excluding hydrogens is 187 g/mol. The van der Waals surface area contributed by atoms with Crippen LogP contribution in [0, 0.1) is 5.95 Å². The Hall–Kier alpha value is -1.30. The van der Waals surface area contributed by atoms with Crippen molar-refractivity contribution in [3.8, 4) is 0 Å². The highest BCUT2D eigenvalue weighted by Gasteiger charge is 2.18. The van der Waals surface area contributed by atoms with E-state index in [4.69, 9.17) is 5.11 Å². The minimum absolute atomic E-state index is 0.132. The van der Waals surface area contributed by atoms with Gasteiger partial charge in [-0.1, -0.05) is 0 Å². The Kier molecular flexibility index (Phi) is 2.72. The third-order valence-corrected chi connectivity index (χ3v) is 1.47. The molecule has 0 spiro atoms. The molecule has 0 aromatic carbocycles. The minimum Gasteiger partial charge on any atom is -0.390 e. The third-order valence-electron chi connectivity index (χ3n) is 1.47. The summed E-state index contributed by atoms with van der Waals surface area (Å²) in [5, 5.41) is 8.49.